The first-order chi connectivity index (χ1) is 7.65. The number of nitrogens with zero attached hydrogens (tertiary/aromatic N) is 1. The Morgan fingerprint density at radius 3 is 2.94 bits per heavy atom. The number of nitro groups is 1. The van der Waals surface area contributed by atoms with Crippen molar-refractivity contribution < 1.29 is 14.1 Å². The SMILES string of the molecule is COCCNCc1cc(F)ccc1[N+](=O)[O-]. The van der Waals surface area contributed by atoms with Crippen molar-refractivity contribution in [2.24, 2.45) is 0 Å². The highest BCUT2D eigenvalue weighted by Crippen LogP contribution is 2.18. The van der Waals surface area contributed by atoms with Gasteiger partial charge in [0.25, 0.3) is 5.69 Å². The molecule has 0 fully saturated rings. The fourth-order valence-electron chi connectivity index (χ4n) is 1.27. The summed E-state index contributed by atoms with van der Waals surface area (Å²) in [4.78, 5) is 10.1. The van der Waals surface area contributed by atoms with Crippen molar-refractivity contribution in [1.82, 2.24) is 5.32 Å². The number of rotatable bonds is 6. The van der Waals surface area contributed by atoms with Crippen molar-refractivity contribution in [2.75, 3.05) is 20.3 Å². The second kappa shape index (κ2) is 6.14. The highest BCUT2D eigenvalue weighted by Gasteiger charge is 2.13. The molecule has 0 unspecified atom stereocenters. The predicted molar refractivity (Wildman–Crippen MR) is 56.6 cm³/mol. The van der Waals surface area contributed by atoms with E-state index in [0.29, 0.717) is 18.7 Å². The van der Waals surface area contributed by atoms with Gasteiger partial charge in [-0.05, 0) is 12.1 Å². The standard InChI is InChI=1S/C10H13FN2O3/c1-16-5-4-12-7-8-6-9(11)2-3-10(8)13(14)15/h2-3,6,12H,4-5,7H2,1H3. The van der Waals surface area contributed by atoms with Crippen molar-refractivity contribution in [1.29, 1.82) is 0 Å². The van der Waals surface area contributed by atoms with E-state index in [9.17, 15) is 14.5 Å². The molecule has 0 bridgehead atoms. The normalized spacial score (nSPS) is 10.4. The van der Waals surface area contributed by atoms with Crippen LogP contribution in [0.15, 0.2) is 18.2 Å². The summed E-state index contributed by atoms with van der Waals surface area (Å²) in [6.07, 6.45) is 0. The molecule has 1 N–H and O–H groups in total. The van der Waals surface area contributed by atoms with Crippen LogP contribution in [0.4, 0.5) is 10.1 Å². The van der Waals surface area contributed by atoms with Crippen LogP contribution in [0.1, 0.15) is 5.56 Å². The minimum absolute atomic E-state index is 0.0775. The Kier molecular flexibility index (Phi) is 4.81. The second-order valence-corrected chi connectivity index (χ2v) is 3.20. The number of nitro benzene ring substituents is 1. The molecule has 0 saturated heterocycles. The van der Waals surface area contributed by atoms with E-state index < -0.39 is 10.7 Å². The van der Waals surface area contributed by atoms with Crippen LogP contribution in [0.5, 0.6) is 0 Å². The molecule has 0 saturated carbocycles. The highest BCUT2D eigenvalue weighted by atomic mass is 19.1. The van der Waals surface area contributed by atoms with Gasteiger partial charge in [0.05, 0.1) is 11.5 Å². The van der Waals surface area contributed by atoms with Crippen molar-refractivity contribution >= 4 is 5.69 Å². The third-order valence-electron chi connectivity index (χ3n) is 2.04. The molecular formula is C10H13FN2O3. The minimum atomic E-state index is -0.521. The number of hydrogen-bond acceptors (Lipinski definition) is 4. The first-order valence-corrected chi connectivity index (χ1v) is 4.77. The Balaban J connectivity index is 2.68. The average Bonchev–Trinajstić information content (AvgIpc) is 2.24. The summed E-state index contributed by atoms with van der Waals surface area (Å²) in [5, 5.41) is 13.6. The van der Waals surface area contributed by atoms with Crippen molar-refractivity contribution in [3.63, 3.8) is 0 Å². The van der Waals surface area contributed by atoms with E-state index >= 15 is 0 Å². The third kappa shape index (κ3) is 3.56. The molecule has 16 heavy (non-hydrogen) atoms. The maximum Gasteiger partial charge on any atom is 0.274 e. The molecule has 1 aromatic carbocycles. The molecule has 0 aliphatic rings. The van der Waals surface area contributed by atoms with Crippen LogP contribution in [0.2, 0.25) is 0 Å². The zero-order valence-corrected chi connectivity index (χ0v) is 8.90. The smallest absolute Gasteiger partial charge is 0.274 e. The van der Waals surface area contributed by atoms with Gasteiger partial charge in [-0.3, -0.25) is 10.1 Å². The molecule has 1 aromatic rings. The van der Waals surface area contributed by atoms with E-state index in [1.54, 1.807) is 7.11 Å². The first kappa shape index (κ1) is 12.5. The molecule has 0 aliphatic heterocycles. The summed E-state index contributed by atoms with van der Waals surface area (Å²) >= 11 is 0. The van der Waals surface area contributed by atoms with E-state index in [4.69, 9.17) is 4.74 Å². The van der Waals surface area contributed by atoms with Crippen LogP contribution in [0, 0.1) is 15.9 Å². The Hall–Kier alpha value is -1.53. The van der Waals surface area contributed by atoms with E-state index in [0.717, 1.165) is 12.1 Å². The van der Waals surface area contributed by atoms with Gasteiger partial charge in [-0.1, -0.05) is 0 Å². The third-order valence-corrected chi connectivity index (χ3v) is 2.04. The molecular weight excluding hydrogens is 215 g/mol. The zero-order chi connectivity index (χ0) is 12.0. The highest BCUT2D eigenvalue weighted by molar-refractivity contribution is 5.40. The largest absolute Gasteiger partial charge is 0.383 e. The summed E-state index contributed by atoms with van der Waals surface area (Å²) in [6.45, 7) is 1.31. The minimum Gasteiger partial charge on any atom is -0.383 e. The lowest BCUT2D eigenvalue weighted by atomic mass is 10.1. The summed E-state index contributed by atoms with van der Waals surface area (Å²) in [5.74, 6) is -0.478. The maximum absolute atomic E-state index is 12.9. The van der Waals surface area contributed by atoms with Crippen molar-refractivity contribution in [3.8, 4) is 0 Å². The van der Waals surface area contributed by atoms with Gasteiger partial charge in [0.1, 0.15) is 5.82 Å². The summed E-state index contributed by atoms with van der Waals surface area (Å²) in [7, 11) is 1.56. The molecule has 6 heteroatoms. The lowest BCUT2D eigenvalue weighted by Gasteiger charge is -2.05. The van der Waals surface area contributed by atoms with Crippen molar-refractivity contribution in [2.45, 2.75) is 6.54 Å². The Morgan fingerprint density at radius 2 is 2.31 bits per heavy atom. The molecule has 0 aromatic heterocycles. The Bertz CT molecular complexity index is 371. The lowest BCUT2D eigenvalue weighted by molar-refractivity contribution is -0.385. The number of hydrogen-bond donors (Lipinski definition) is 1. The zero-order valence-electron chi connectivity index (χ0n) is 8.90. The summed E-state index contributed by atoms with van der Waals surface area (Å²) < 4.78 is 17.7. The average molecular weight is 228 g/mol. The second-order valence-electron chi connectivity index (χ2n) is 3.20. The van der Waals surface area contributed by atoms with Gasteiger partial charge in [0.2, 0.25) is 0 Å². The lowest BCUT2D eigenvalue weighted by Crippen LogP contribution is -2.19. The number of ether oxygens (including phenoxy) is 1. The Morgan fingerprint density at radius 1 is 1.56 bits per heavy atom. The quantitative estimate of drug-likeness (QED) is 0.455. The van der Waals surface area contributed by atoms with Crippen LogP contribution in [-0.4, -0.2) is 25.2 Å². The van der Waals surface area contributed by atoms with Crippen LogP contribution in [0.25, 0.3) is 0 Å². The van der Waals surface area contributed by atoms with E-state index in [2.05, 4.69) is 5.32 Å². The Labute approximate surface area is 92.4 Å². The van der Waals surface area contributed by atoms with Crippen LogP contribution in [-0.2, 0) is 11.3 Å². The van der Waals surface area contributed by atoms with Crippen molar-refractivity contribution in [3.05, 3.63) is 39.7 Å². The fourth-order valence-corrected chi connectivity index (χ4v) is 1.27. The molecule has 0 radical (unpaired) electrons. The monoisotopic (exact) mass is 228 g/mol. The first-order valence-electron chi connectivity index (χ1n) is 4.77. The molecule has 1 rings (SSSR count). The number of benzene rings is 1. The number of nitrogens with one attached hydrogen (secondary N) is 1. The van der Waals surface area contributed by atoms with Crippen LogP contribution in [0.3, 0.4) is 0 Å². The van der Waals surface area contributed by atoms with Gasteiger partial charge in [-0.15, -0.1) is 0 Å². The van der Waals surface area contributed by atoms with E-state index in [1.165, 1.54) is 6.07 Å². The molecule has 0 amide bonds. The number of halogens is 1. The number of methoxy groups -OCH3 is 1. The van der Waals surface area contributed by atoms with Gasteiger partial charge in [-0.25, -0.2) is 4.39 Å². The fraction of sp³-hybridized carbons (Fsp3) is 0.400. The molecule has 0 spiro atoms. The van der Waals surface area contributed by atoms with Gasteiger partial charge in [-0.2, -0.15) is 0 Å². The topological polar surface area (TPSA) is 64.4 Å². The molecule has 0 heterocycles. The van der Waals surface area contributed by atoms with Gasteiger partial charge < -0.3 is 10.1 Å². The molecule has 88 valence electrons. The molecule has 0 aliphatic carbocycles. The summed E-state index contributed by atoms with van der Waals surface area (Å²) in [6, 6.07) is 3.41. The predicted octanol–water partition coefficient (Wildman–Crippen LogP) is 1.47. The van der Waals surface area contributed by atoms with Gasteiger partial charge in [0.15, 0.2) is 0 Å². The van der Waals surface area contributed by atoms with E-state index in [-0.39, 0.29) is 12.2 Å². The maximum atomic E-state index is 12.9. The van der Waals surface area contributed by atoms with Crippen LogP contribution < -0.4 is 5.32 Å². The van der Waals surface area contributed by atoms with Gasteiger partial charge >= 0.3 is 0 Å². The molecule has 5 nitrogen and oxygen atoms in total. The van der Waals surface area contributed by atoms with Gasteiger partial charge in [0, 0.05) is 31.8 Å². The van der Waals surface area contributed by atoms with E-state index in [1.807, 2.05) is 0 Å². The van der Waals surface area contributed by atoms with Crippen LogP contribution >= 0.6 is 0 Å². The summed E-state index contributed by atoms with van der Waals surface area (Å²) in [5.41, 5.74) is 0.257. The molecule has 0 atom stereocenters.